The summed E-state index contributed by atoms with van der Waals surface area (Å²) in [6, 6.07) is 18.8. The van der Waals surface area contributed by atoms with Crippen LogP contribution in [0.4, 0.5) is 43.7 Å². The monoisotopic (exact) mass is 687 g/mol. The van der Waals surface area contributed by atoms with Gasteiger partial charge < -0.3 is 15.5 Å². The lowest BCUT2D eigenvalue weighted by Gasteiger charge is -2.29. The van der Waals surface area contributed by atoms with Crippen molar-refractivity contribution in [3.05, 3.63) is 125 Å². The predicted octanol–water partition coefficient (Wildman–Crippen LogP) is 7.32. The first-order valence-electron chi connectivity index (χ1n) is 15.1. The highest BCUT2D eigenvalue weighted by Gasteiger charge is 2.43. The van der Waals surface area contributed by atoms with Gasteiger partial charge in [-0.3, -0.25) is 9.59 Å². The molecular weight excluding hydrogens is 664 g/mol. The van der Waals surface area contributed by atoms with E-state index in [2.05, 4.69) is 25.7 Å². The van der Waals surface area contributed by atoms with Crippen LogP contribution in [-0.4, -0.2) is 49.0 Å². The summed E-state index contributed by atoms with van der Waals surface area (Å²) in [6.07, 6.45) is -1.52. The number of fused-ring (bicyclic) bond motifs is 2. The number of amides is 2. The number of anilines is 3. The predicted molar refractivity (Wildman–Crippen MR) is 171 cm³/mol. The summed E-state index contributed by atoms with van der Waals surface area (Å²) in [6.45, 7) is -0.248. The summed E-state index contributed by atoms with van der Waals surface area (Å²) < 4.78 is 84.2. The van der Waals surface area contributed by atoms with Gasteiger partial charge in [0, 0.05) is 36.7 Å². The fourth-order valence-corrected chi connectivity index (χ4v) is 5.80. The van der Waals surface area contributed by atoms with E-state index in [0.717, 1.165) is 34.7 Å². The van der Waals surface area contributed by atoms with Crippen molar-refractivity contribution in [3.63, 3.8) is 0 Å². The van der Waals surface area contributed by atoms with Gasteiger partial charge in [-0.05, 0) is 78.2 Å². The Labute approximate surface area is 279 Å². The molecule has 0 radical (unpaired) electrons. The Balaban J connectivity index is 1.21. The van der Waals surface area contributed by atoms with Crippen molar-refractivity contribution in [1.82, 2.24) is 24.5 Å². The first kappa shape index (κ1) is 32.3. The maximum absolute atomic E-state index is 14.9. The second-order valence-electron chi connectivity index (χ2n) is 11.3. The van der Waals surface area contributed by atoms with Crippen LogP contribution in [0.3, 0.4) is 0 Å². The second-order valence-corrected chi connectivity index (χ2v) is 11.3. The molecule has 9 nitrogen and oxygen atoms in total. The molecule has 4 heterocycles. The molecule has 252 valence electrons. The number of benzene rings is 3. The zero-order valence-corrected chi connectivity index (χ0v) is 25.6. The third-order valence-electron chi connectivity index (χ3n) is 8.13. The van der Waals surface area contributed by atoms with E-state index in [1.54, 1.807) is 53.2 Å². The minimum atomic E-state index is -4.97. The lowest BCUT2D eigenvalue weighted by molar-refractivity contribution is -0.186. The highest BCUT2D eigenvalue weighted by Crippen LogP contribution is 2.36. The lowest BCUT2D eigenvalue weighted by Crippen LogP contribution is -2.43. The van der Waals surface area contributed by atoms with Gasteiger partial charge in [0.15, 0.2) is 0 Å². The summed E-state index contributed by atoms with van der Waals surface area (Å²) >= 11 is 0. The van der Waals surface area contributed by atoms with E-state index >= 15 is 0 Å². The molecule has 0 aliphatic carbocycles. The van der Waals surface area contributed by atoms with Crippen molar-refractivity contribution in [2.45, 2.75) is 19.1 Å². The number of hydrogen-bond acceptors (Lipinski definition) is 6. The third-order valence-corrected chi connectivity index (χ3v) is 8.13. The minimum Gasteiger partial charge on any atom is -0.330 e. The van der Waals surface area contributed by atoms with Crippen molar-refractivity contribution in [1.29, 1.82) is 0 Å². The molecule has 7 rings (SSSR count). The van der Waals surface area contributed by atoms with Gasteiger partial charge in [0.25, 0.3) is 5.91 Å². The molecule has 0 fully saturated rings. The van der Waals surface area contributed by atoms with Crippen LogP contribution in [0.15, 0.2) is 91.3 Å². The molecule has 0 unspecified atom stereocenters. The molecule has 1 aliphatic rings. The van der Waals surface area contributed by atoms with Gasteiger partial charge in [-0.2, -0.15) is 18.3 Å². The zero-order valence-electron chi connectivity index (χ0n) is 25.6. The Hall–Kier alpha value is -6.25. The molecule has 3 aromatic heterocycles. The van der Waals surface area contributed by atoms with Gasteiger partial charge in [-0.1, -0.05) is 18.2 Å². The van der Waals surface area contributed by atoms with Crippen molar-refractivity contribution in [3.8, 4) is 22.5 Å². The average Bonchev–Trinajstić information content (AvgIpc) is 3.48. The molecule has 2 amide bonds. The summed E-state index contributed by atoms with van der Waals surface area (Å²) in [5.41, 5.74) is 2.83. The van der Waals surface area contributed by atoms with E-state index in [1.807, 2.05) is 0 Å². The van der Waals surface area contributed by atoms with Gasteiger partial charge in [0.2, 0.25) is 5.95 Å². The molecule has 1 aliphatic heterocycles. The number of carbonyl (C=O) groups excluding carboxylic acids is 2. The number of nitrogens with one attached hydrogen (secondary N) is 2. The van der Waals surface area contributed by atoms with Gasteiger partial charge in [-0.25, -0.2) is 27.7 Å². The van der Waals surface area contributed by atoms with Gasteiger partial charge in [0.1, 0.15) is 28.7 Å². The number of pyridine rings is 1. The van der Waals surface area contributed by atoms with Gasteiger partial charge in [0.05, 0.1) is 22.5 Å². The Morgan fingerprint density at radius 2 is 1.64 bits per heavy atom. The first-order chi connectivity index (χ1) is 24.0. The Morgan fingerprint density at radius 1 is 0.840 bits per heavy atom. The zero-order chi connectivity index (χ0) is 35.2. The standard InChI is InChI=1S/C35H23F6N7O2/c36-23-10-8-20(17-27(23)44-32(49)29-24(37)4-3-5-25(29)38)31-30(28-6-1-2-14-48(28)46-31)26-11-13-42-34(45-26)43-22-9-7-19-12-15-47(18-21(19)16-22)33(50)35(39,40)41/h1-11,13-14,16-17H,12,15,18H2,(H,44,49)(H,42,43,45). The maximum Gasteiger partial charge on any atom is 0.471 e. The number of alkyl halides is 3. The maximum atomic E-state index is 14.9. The number of aromatic nitrogens is 4. The average molecular weight is 688 g/mol. The fourth-order valence-electron chi connectivity index (χ4n) is 5.80. The lowest BCUT2D eigenvalue weighted by atomic mass is 9.99. The van der Waals surface area contributed by atoms with E-state index in [4.69, 9.17) is 0 Å². The van der Waals surface area contributed by atoms with Crippen LogP contribution >= 0.6 is 0 Å². The molecule has 3 aromatic carbocycles. The quantitative estimate of drug-likeness (QED) is 0.178. The van der Waals surface area contributed by atoms with Crippen LogP contribution in [0.25, 0.3) is 28.0 Å². The van der Waals surface area contributed by atoms with E-state index in [1.165, 1.54) is 18.3 Å². The molecule has 0 saturated heterocycles. The van der Waals surface area contributed by atoms with E-state index in [-0.39, 0.29) is 31.1 Å². The minimum absolute atomic E-state index is 0.0443. The number of hydrogen-bond donors (Lipinski definition) is 2. The van der Waals surface area contributed by atoms with Gasteiger partial charge in [-0.15, -0.1) is 0 Å². The summed E-state index contributed by atoms with van der Waals surface area (Å²) in [5.74, 6) is -6.00. The molecular formula is C35H23F6N7O2. The SMILES string of the molecule is O=C(Nc1cc(-c2nn3ccccc3c2-c2ccnc(Nc3ccc4c(c3)CN(C(=O)C(F)(F)F)CC4)n2)ccc1F)c1c(F)cccc1F. The molecule has 6 aromatic rings. The molecule has 0 atom stereocenters. The molecule has 0 spiro atoms. The summed E-state index contributed by atoms with van der Waals surface area (Å²) in [7, 11) is 0. The molecule has 0 saturated carbocycles. The molecule has 50 heavy (non-hydrogen) atoms. The van der Waals surface area contributed by atoms with Crippen LogP contribution in [0.2, 0.25) is 0 Å². The fraction of sp³-hybridized carbons (Fsp3) is 0.114. The largest absolute Gasteiger partial charge is 0.471 e. The van der Waals surface area contributed by atoms with Crippen molar-refractivity contribution >= 4 is 34.7 Å². The normalized spacial score (nSPS) is 12.9. The first-order valence-corrected chi connectivity index (χ1v) is 15.1. The van der Waals surface area contributed by atoms with Crippen molar-refractivity contribution in [2.24, 2.45) is 0 Å². The Bertz CT molecular complexity index is 2290. The molecule has 2 N–H and O–H groups in total. The van der Waals surface area contributed by atoms with Crippen LogP contribution < -0.4 is 10.6 Å². The van der Waals surface area contributed by atoms with Crippen LogP contribution in [0, 0.1) is 17.5 Å². The van der Waals surface area contributed by atoms with Gasteiger partial charge >= 0.3 is 12.1 Å². The molecule has 15 heteroatoms. The number of nitrogens with zero attached hydrogens (tertiary/aromatic N) is 5. The van der Waals surface area contributed by atoms with Crippen LogP contribution in [0.5, 0.6) is 0 Å². The molecule has 0 bridgehead atoms. The number of carbonyl (C=O) groups is 2. The highest BCUT2D eigenvalue weighted by atomic mass is 19.4. The van der Waals surface area contributed by atoms with Crippen molar-refractivity contribution in [2.75, 3.05) is 17.2 Å². The van der Waals surface area contributed by atoms with E-state index in [9.17, 15) is 35.9 Å². The number of halogens is 6. The van der Waals surface area contributed by atoms with Crippen molar-refractivity contribution < 1.29 is 35.9 Å². The summed E-state index contributed by atoms with van der Waals surface area (Å²) in [5, 5.41) is 9.98. The summed E-state index contributed by atoms with van der Waals surface area (Å²) in [4.78, 5) is 34.3. The van der Waals surface area contributed by atoms with E-state index < -0.39 is 41.0 Å². The van der Waals surface area contributed by atoms with E-state index in [0.29, 0.717) is 39.3 Å². The smallest absolute Gasteiger partial charge is 0.330 e. The Kier molecular flexibility index (Phi) is 8.17. The van der Waals surface area contributed by atoms with Crippen LogP contribution in [0.1, 0.15) is 21.5 Å². The topological polar surface area (TPSA) is 105 Å². The second kappa shape index (κ2) is 12.7. The third kappa shape index (κ3) is 6.20. The number of rotatable bonds is 6. The highest BCUT2D eigenvalue weighted by molar-refractivity contribution is 6.05. The van der Waals surface area contributed by atoms with Crippen LogP contribution in [-0.2, 0) is 17.8 Å². The Morgan fingerprint density at radius 3 is 2.42 bits per heavy atom.